The second kappa shape index (κ2) is 9.13. The molecule has 1 aromatic carbocycles. The van der Waals surface area contributed by atoms with Gasteiger partial charge in [-0.3, -0.25) is 9.69 Å². The molecule has 0 radical (unpaired) electrons. The number of piperidine rings is 1. The van der Waals surface area contributed by atoms with Gasteiger partial charge in [0.25, 0.3) is 0 Å². The van der Waals surface area contributed by atoms with Gasteiger partial charge in [-0.05, 0) is 38.3 Å². The number of hydrogen-bond acceptors (Lipinski definition) is 5. The van der Waals surface area contributed by atoms with Crippen LogP contribution in [0.3, 0.4) is 0 Å². The van der Waals surface area contributed by atoms with Crippen LogP contribution >= 0.6 is 0 Å². The second-order valence-corrected chi connectivity index (χ2v) is 6.30. The first-order chi connectivity index (χ1) is 11.6. The summed E-state index contributed by atoms with van der Waals surface area (Å²) in [6.45, 7) is 2.70. The summed E-state index contributed by atoms with van der Waals surface area (Å²) < 4.78 is 0. The minimum absolute atomic E-state index is 0.148. The molecule has 1 fully saturated rings. The number of nitrogens with zero attached hydrogens (tertiary/aromatic N) is 1. The quantitative estimate of drug-likeness (QED) is 0.559. The van der Waals surface area contributed by atoms with E-state index < -0.39 is 18.2 Å². The number of rotatable bonds is 7. The molecule has 1 aliphatic heterocycles. The molecule has 134 valence electrons. The zero-order chi connectivity index (χ0) is 17.5. The van der Waals surface area contributed by atoms with Crippen LogP contribution in [0.4, 0.5) is 0 Å². The van der Waals surface area contributed by atoms with Gasteiger partial charge in [0, 0.05) is 12.6 Å². The van der Waals surface area contributed by atoms with Crippen LogP contribution in [-0.4, -0.2) is 70.1 Å². The van der Waals surface area contributed by atoms with Crippen molar-refractivity contribution in [3.8, 4) is 0 Å². The van der Waals surface area contributed by atoms with Crippen molar-refractivity contribution in [1.29, 1.82) is 0 Å². The average Bonchev–Trinajstić information content (AvgIpc) is 2.59. The molecular weight excluding hydrogens is 308 g/mol. The zero-order valence-electron chi connectivity index (χ0n) is 14.1. The molecule has 1 saturated heterocycles. The van der Waals surface area contributed by atoms with E-state index in [1.165, 1.54) is 5.56 Å². The standard InChI is InChI=1S/C18H28N2O4/c1-2-19-18(24)16-17(23)15(22)11-14(12-21)20(16)10-6-9-13-7-4-3-5-8-13/h3-5,7-8,14-17,21-23H,2,6,9-12H2,1H3,(H,19,24)/t14-,15-,16-,17-/m0/s1. The van der Waals surface area contributed by atoms with E-state index in [1.807, 2.05) is 30.0 Å². The smallest absolute Gasteiger partial charge is 0.240 e. The maximum absolute atomic E-state index is 12.4. The Hall–Kier alpha value is -1.47. The van der Waals surface area contributed by atoms with E-state index in [0.717, 1.165) is 12.8 Å². The molecule has 0 unspecified atom stereocenters. The van der Waals surface area contributed by atoms with Crippen LogP contribution in [0, 0.1) is 0 Å². The molecule has 6 heteroatoms. The molecule has 6 nitrogen and oxygen atoms in total. The molecule has 1 heterocycles. The van der Waals surface area contributed by atoms with Gasteiger partial charge in [0.15, 0.2) is 0 Å². The molecule has 1 aromatic rings. The van der Waals surface area contributed by atoms with Gasteiger partial charge in [0.05, 0.1) is 12.7 Å². The number of aliphatic hydroxyl groups is 3. The second-order valence-electron chi connectivity index (χ2n) is 6.30. The molecule has 0 aliphatic carbocycles. The van der Waals surface area contributed by atoms with Gasteiger partial charge in [-0.1, -0.05) is 30.3 Å². The number of amides is 1. The highest BCUT2D eigenvalue weighted by Gasteiger charge is 2.44. The summed E-state index contributed by atoms with van der Waals surface area (Å²) in [7, 11) is 0. The monoisotopic (exact) mass is 336 g/mol. The predicted molar refractivity (Wildman–Crippen MR) is 91.4 cm³/mol. The van der Waals surface area contributed by atoms with E-state index in [-0.39, 0.29) is 25.0 Å². The molecule has 0 saturated carbocycles. The van der Waals surface area contributed by atoms with Gasteiger partial charge in [-0.15, -0.1) is 0 Å². The van der Waals surface area contributed by atoms with E-state index in [2.05, 4.69) is 17.4 Å². The van der Waals surface area contributed by atoms with Crippen molar-refractivity contribution < 1.29 is 20.1 Å². The van der Waals surface area contributed by atoms with E-state index in [9.17, 15) is 20.1 Å². The predicted octanol–water partition coefficient (Wildman–Crippen LogP) is -0.0877. The number of likely N-dealkylation sites (tertiary alicyclic amines) is 1. The SMILES string of the molecule is CCNC(=O)[C@@H]1[C@@H](O)[C@@H](O)C[C@@H](CO)N1CCCc1ccccc1. The summed E-state index contributed by atoms with van der Waals surface area (Å²) in [5, 5.41) is 32.7. The zero-order valence-corrected chi connectivity index (χ0v) is 14.1. The number of likely N-dealkylation sites (N-methyl/N-ethyl adjacent to an activating group) is 1. The average molecular weight is 336 g/mol. The number of hydrogen-bond donors (Lipinski definition) is 4. The van der Waals surface area contributed by atoms with E-state index in [1.54, 1.807) is 0 Å². The molecule has 0 aromatic heterocycles. The van der Waals surface area contributed by atoms with Crippen LogP contribution in [0.1, 0.15) is 25.3 Å². The van der Waals surface area contributed by atoms with Gasteiger partial charge < -0.3 is 20.6 Å². The topological polar surface area (TPSA) is 93.0 Å². The summed E-state index contributed by atoms with van der Waals surface area (Å²) in [5.41, 5.74) is 1.21. The van der Waals surface area contributed by atoms with Crippen LogP contribution in [0.2, 0.25) is 0 Å². The largest absolute Gasteiger partial charge is 0.395 e. The van der Waals surface area contributed by atoms with Crippen LogP contribution in [-0.2, 0) is 11.2 Å². The Morgan fingerprint density at radius 2 is 2.00 bits per heavy atom. The van der Waals surface area contributed by atoms with E-state index in [4.69, 9.17) is 0 Å². The Bertz CT molecular complexity index is 511. The lowest BCUT2D eigenvalue weighted by atomic mass is 9.89. The lowest BCUT2D eigenvalue weighted by Crippen LogP contribution is -2.65. The fourth-order valence-corrected chi connectivity index (χ4v) is 3.38. The van der Waals surface area contributed by atoms with Gasteiger partial charge in [-0.2, -0.15) is 0 Å². The fourth-order valence-electron chi connectivity index (χ4n) is 3.38. The molecule has 2 rings (SSSR count). The molecule has 4 N–H and O–H groups in total. The third-order valence-corrected chi connectivity index (χ3v) is 4.61. The Labute approximate surface area is 143 Å². The van der Waals surface area contributed by atoms with Crippen molar-refractivity contribution in [3.63, 3.8) is 0 Å². The van der Waals surface area contributed by atoms with Crippen molar-refractivity contribution in [1.82, 2.24) is 10.2 Å². The van der Waals surface area contributed by atoms with Gasteiger partial charge in [0.1, 0.15) is 12.1 Å². The van der Waals surface area contributed by atoms with Gasteiger partial charge in [0.2, 0.25) is 5.91 Å². The first-order valence-electron chi connectivity index (χ1n) is 8.62. The van der Waals surface area contributed by atoms with Crippen molar-refractivity contribution >= 4 is 5.91 Å². The van der Waals surface area contributed by atoms with Gasteiger partial charge in [-0.25, -0.2) is 0 Å². The fraction of sp³-hybridized carbons (Fsp3) is 0.611. The number of benzene rings is 1. The maximum atomic E-state index is 12.4. The van der Waals surface area contributed by atoms with Gasteiger partial charge >= 0.3 is 0 Å². The normalized spacial score (nSPS) is 27.8. The van der Waals surface area contributed by atoms with Crippen LogP contribution in [0.15, 0.2) is 30.3 Å². The first-order valence-corrected chi connectivity index (χ1v) is 8.62. The van der Waals surface area contributed by atoms with Crippen molar-refractivity contribution in [2.24, 2.45) is 0 Å². The minimum atomic E-state index is -1.14. The summed E-state index contributed by atoms with van der Waals surface area (Å²) in [4.78, 5) is 14.2. The highest BCUT2D eigenvalue weighted by Crippen LogP contribution is 2.25. The summed E-state index contributed by atoms with van der Waals surface area (Å²) in [6, 6.07) is 8.90. The molecular formula is C18H28N2O4. The van der Waals surface area contributed by atoms with Crippen molar-refractivity contribution in [2.75, 3.05) is 19.7 Å². The first kappa shape index (κ1) is 18.9. The number of carbonyl (C=O) groups is 1. The van der Waals surface area contributed by atoms with E-state index >= 15 is 0 Å². The Kier molecular flexibility index (Phi) is 7.17. The van der Waals surface area contributed by atoms with Crippen molar-refractivity contribution in [3.05, 3.63) is 35.9 Å². The Balaban J connectivity index is 2.06. The molecule has 0 bridgehead atoms. The summed E-state index contributed by atoms with van der Waals surface area (Å²) in [5.74, 6) is -0.304. The Morgan fingerprint density at radius 1 is 1.29 bits per heavy atom. The maximum Gasteiger partial charge on any atom is 0.240 e. The number of carbonyl (C=O) groups excluding carboxylic acids is 1. The highest BCUT2D eigenvalue weighted by atomic mass is 16.3. The Morgan fingerprint density at radius 3 is 2.62 bits per heavy atom. The van der Waals surface area contributed by atoms with Crippen molar-refractivity contribution in [2.45, 2.75) is 50.5 Å². The minimum Gasteiger partial charge on any atom is -0.395 e. The summed E-state index contributed by atoms with van der Waals surface area (Å²) in [6.07, 6.45) is -0.217. The molecule has 1 aliphatic rings. The van der Waals surface area contributed by atoms with Crippen LogP contribution in [0.5, 0.6) is 0 Å². The third kappa shape index (κ3) is 4.54. The van der Waals surface area contributed by atoms with Crippen LogP contribution < -0.4 is 5.32 Å². The number of aryl methyl sites for hydroxylation is 1. The lowest BCUT2D eigenvalue weighted by molar-refractivity contribution is -0.148. The molecule has 24 heavy (non-hydrogen) atoms. The number of nitrogens with one attached hydrogen (secondary N) is 1. The number of aliphatic hydroxyl groups excluding tert-OH is 3. The molecule has 1 amide bonds. The highest BCUT2D eigenvalue weighted by molar-refractivity contribution is 5.82. The lowest BCUT2D eigenvalue weighted by Gasteiger charge is -2.45. The van der Waals surface area contributed by atoms with E-state index in [0.29, 0.717) is 13.1 Å². The summed E-state index contributed by atoms with van der Waals surface area (Å²) >= 11 is 0. The molecule has 0 spiro atoms. The third-order valence-electron chi connectivity index (χ3n) is 4.61. The molecule has 4 atom stereocenters. The van der Waals surface area contributed by atoms with Crippen LogP contribution in [0.25, 0.3) is 0 Å².